The monoisotopic (exact) mass is 329 g/mol. The average Bonchev–Trinajstić information content (AvgIpc) is 2.37. The Hall–Kier alpha value is -1.76. The topological polar surface area (TPSA) is 87.1 Å². The third kappa shape index (κ3) is 2.37. The SMILES string of the molecule is COc1ccc(Br)c2c1CN(C(=O)O)[C@@H](C(=O)O)C2. The Morgan fingerprint density at radius 3 is 2.58 bits per heavy atom. The van der Waals surface area contributed by atoms with Crippen LogP contribution < -0.4 is 4.74 Å². The van der Waals surface area contributed by atoms with Crippen molar-refractivity contribution in [3.05, 3.63) is 27.7 Å². The summed E-state index contributed by atoms with van der Waals surface area (Å²) in [6.45, 7) is 0.00421. The summed E-state index contributed by atoms with van der Waals surface area (Å²) in [5, 5.41) is 18.3. The minimum absolute atomic E-state index is 0.00421. The van der Waals surface area contributed by atoms with Crippen LogP contribution in [0.1, 0.15) is 11.1 Å². The number of benzene rings is 1. The van der Waals surface area contributed by atoms with Gasteiger partial charge in [0.15, 0.2) is 0 Å². The molecule has 1 heterocycles. The van der Waals surface area contributed by atoms with Crippen LogP contribution >= 0.6 is 15.9 Å². The van der Waals surface area contributed by atoms with Crippen LogP contribution in [0.2, 0.25) is 0 Å². The molecule has 0 saturated carbocycles. The van der Waals surface area contributed by atoms with Gasteiger partial charge in [0.05, 0.1) is 13.7 Å². The number of rotatable bonds is 2. The van der Waals surface area contributed by atoms with Crippen molar-refractivity contribution in [2.45, 2.75) is 19.0 Å². The molecule has 2 N–H and O–H groups in total. The van der Waals surface area contributed by atoms with E-state index in [0.29, 0.717) is 11.3 Å². The summed E-state index contributed by atoms with van der Waals surface area (Å²) in [4.78, 5) is 23.3. The van der Waals surface area contributed by atoms with Gasteiger partial charge in [-0.2, -0.15) is 0 Å². The average molecular weight is 330 g/mol. The zero-order valence-corrected chi connectivity index (χ0v) is 11.7. The summed E-state index contributed by atoms with van der Waals surface area (Å²) in [6.07, 6.45) is -1.13. The molecule has 0 bridgehead atoms. The summed E-state index contributed by atoms with van der Waals surface area (Å²) in [6, 6.07) is 2.42. The molecule has 19 heavy (non-hydrogen) atoms. The number of hydrogen-bond acceptors (Lipinski definition) is 3. The fourth-order valence-corrected chi connectivity index (χ4v) is 2.77. The highest BCUT2D eigenvalue weighted by Crippen LogP contribution is 2.35. The van der Waals surface area contributed by atoms with Crippen LogP contribution in [0, 0.1) is 0 Å². The van der Waals surface area contributed by atoms with Gasteiger partial charge in [0.25, 0.3) is 0 Å². The molecule has 0 aliphatic carbocycles. The van der Waals surface area contributed by atoms with Crippen LogP contribution in [0.3, 0.4) is 0 Å². The second-order valence-electron chi connectivity index (χ2n) is 4.18. The number of amides is 1. The van der Waals surface area contributed by atoms with E-state index in [0.717, 1.165) is 14.9 Å². The maximum absolute atomic E-state index is 11.2. The molecule has 0 aromatic heterocycles. The number of carboxylic acids is 1. The van der Waals surface area contributed by atoms with E-state index in [2.05, 4.69) is 15.9 Å². The molecule has 6 nitrogen and oxygen atoms in total. The lowest BCUT2D eigenvalue weighted by Gasteiger charge is -2.33. The van der Waals surface area contributed by atoms with E-state index < -0.39 is 18.1 Å². The molecule has 0 saturated heterocycles. The van der Waals surface area contributed by atoms with Gasteiger partial charge in [-0.1, -0.05) is 15.9 Å². The zero-order chi connectivity index (χ0) is 14.2. The lowest BCUT2D eigenvalue weighted by molar-refractivity contribution is -0.143. The van der Waals surface area contributed by atoms with Gasteiger partial charge in [0, 0.05) is 16.5 Å². The second-order valence-corrected chi connectivity index (χ2v) is 5.03. The van der Waals surface area contributed by atoms with Crippen LogP contribution in [-0.4, -0.2) is 40.3 Å². The number of halogens is 1. The molecule has 0 unspecified atom stereocenters. The second kappa shape index (κ2) is 5.08. The minimum Gasteiger partial charge on any atom is -0.496 e. The summed E-state index contributed by atoms with van der Waals surface area (Å²) in [5.41, 5.74) is 1.49. The van der Waals surface area contributed by atoms with Gasteiger partial charge in [-0.15, -0.1) is 0 Å². The molecule has 7 heteroatoms. The highest BCUT2D eigenvalue weighted by molar-refractivity contribution is 9.10. The summed E-state index contributed by atoms with van der Waals surface area (Å²) in [5.74, 6) is -0.587. The van der Waals surface area contributed by atoms with E-state index in [1.54, 1.807) is 12.1 Å². The van der Waals surface area contributed by atoms with Crippen molar-refractivity contribution in [3.63, 3.8) is 0 Å². The van der Waals surface area contributed by atoms with E-state index in [-0.39, 0.29) is 13.0 Å². The van der Waals surface area contributed by atoms with E-state index in [1.165, 1.54) is 7.11 Å². The van der Waals surface area contributed by atoms with Gasteiger partial charge in [-0.25, -0.2) is 9.59 Å². The number of hydrogen-bond donors (Lipinski definition) is 2. The van der Waals surface area contributed by atoms with Crippen LogP contribution in [0.25, 0.3) is 0 Å². The first-order valence-electron chi connectivity index (χ1n) is 5.52. The number of aliphatic carboxylic acids is 1. The van der Waals surface area contributed by atoms with Gasteiger partial charge < -0.3 is 14.9 Å². The summed E-state index contributed by atoms with van der Waals surface area (Å²) < 4.78 is 5.97. The van der Waals surface area contributed by atoms with Crippen molar-refractivity contribution in [3.8, 4) is 5.75 Å². The lowest BCUT2D eigenvalue weighted by Crippen LogP contribution is -2.48. The fraction of sp³-hybridized carbons (Fsp3) is 0.333. The Morgan fingerprint density at radius 1 is 1.37 bits per heavy atom. The van der Waals surface area contributed by atoms with Crippen molar-refractivity contribution in [2.75, 3.05) is 7.11 Å². The van der Waals surface area contributed by atoms with E-state index in [9.17, 15) is 9.59 Å². The van der Waals surface area contributed by atoms with Gasteiger partial charge in [-0.3, -0.25) is 4.90 Å². The molecular formula is C12H12BrNO5. The Labute approximate surface area is 117 Å². The molecule has 0 radical (unpaired) electrons. The standard InChI is InChI=1S/C12H12BrNO5/c1-19-10-3-2-8(13)6-4-9(11(15)16)14(12(17)18)5-7(6)10/h2-3,9H,4-5H2,1H3,(H,15,16)(H,17,18)/t9-/m1/s1. The quantitative estimate of drug-likeness (QED) is 0.865. The van der Waals surface area contributed by atoms with Crippen LogP contribution in [-0.2, 0) is 17.8 Å². The molecule has 1 aromatic rings. The third-order valence-electron chi connectivity index (χ3n) is 3.18. The van der Waals surface area contributed by atoms with Crippen LogP contribution in [0.5, 0.6) is 5.75 Å². The Bertz CT molecular complexity index is 545. The highest BCUT2D eigenvalue weighted by Gasteiger charge is 2.36. The third-order valence-corrected chi connectivity index (χ3v) is 3.93. The van der Waals surface area contributed by atoms with E-state index >= 15 is 0 Å². The Balaban J connectivity index is 2.52. The van der Waals surface area contributed by atoms with Gasteiger partial charge >= 0.3 is 12.1 Å². The maximum Gasteiger partial charge on any atom is 0.408 e. The first-order chi connectivity index (χ1) is 8.95. The molecule has 1 aliphatic heterocycles. The molecule has 102 valence electrons. The number of methoxy groups -OCH3 is 1. The largest absolute Gasteiger partial charge is 0.496 e. The number of fused-ring (bicyclic) bond motifs is 1. The molecular weight excluding hydrogens is 318 g/mol. The van der Waals surface area contributed by atoms with E-state index in [1.807, 2.05) is 0 Å². The van der Waals surface area contributed by atoms with Gasteiger partial charge in [0.1, 0.15) is 11.8 Å². The van der Waals surface area contributed by atoms with Gasteiger partial charge in [0.2, 0.25) is 0 Å². The van der Waals surface area contributed by atoms with Crippen molar-refractivity contribution >= 4 is 28.0 Å². The number of carboxylic acid groups (broad SMARTS) is 2. The number of ether oxygens (including phenoxy) is 1. The fourth-order valence-electron chi connectivity index (χ4n) is 2.23. The van der Waals surface area contributed by atoms with Gasteiger partial charge in [-0.05, 0) is 17.7 Å². The molecule has 1 amide bonds. The van der Waals surface area contributed by atoms with Crippen molar-refractivity contribution < 1.29 is 24.5 Å². The predicted octanol–water partition coefficient (Wildman–Crippen LogP) is 1.95. The van der Waals surface area contributed by atoms with Crippen LogP contribution in [0.4, 0.5) is 4.79 Å². The molecule has 1 aromatic carbocycles. The van der Waals surface area contributed by atoms with E-state index in [4.69, 9.17) is 14.9 Å². The number of carbonyl (C=O) groups is 2. The van der Waals surface area contributed by atoms with Crippen molar-refractivity contribution in [2.24, 2.45) is 0 Å². The summed E-state index contributed by atoms with van der Waals surface area (Å²) in [7, 11) is 1.50. The Morgan fingerprint density at radius 2 is 2.05 bits per heavy atom. The normalized spacial score (nSPS) is 17.8. The molecule has 1 atom stereocenters. The van der Waals surface area contributed by atoms with Crippen LogP contribution in [0.15, 0.2) is 16.6 Å². The summed E-state index contributed by atoms with van der Waals surface area (Å²) >= 11 is 3.36. The first kappa shape index (κ1) is 13.7. The smallest absolute Gasteiger partial charge is 0.408 e. The van der Waals surface area contributed by atoms with Crippen molar-refractivity contribution in [1.82, 2.24) is 4.90 Å². The highest BCUT2D eigenvalue weighted by atomic mass is 79.9. The Kier molecular flexibility index (Phi) is 3.66. The van der Waals surface area contributed by atoms with Crippen molar-refractivity contribution in [1.29, 1.82) is 0 Å². The molecule has 0 spiro atoms. The molecule has 1 aliphatic rings. The zero-order valence-electron chi connectivity index (χ0n) is 10.1. The number of nitrogens with zero attached hydrogens (tertiary/aromatic N) is 1. The minimum atomic E-state index is -1.25. The molecule has 2 rings (SSSR count). The molecule has 0 fully saturated rings. The lowest BCUT2D eigenvalue weighted by atomic mass is 9.93. The predicted molar refractivity (Wildman–Crippen MR) is 69.4 cm³/mol. The first-order valence-corrected chi connectivity index (χ1v) is 6.31. The maximum atomic E-state index is 11.2.